The second kappa shape index (κ2) is 6.55. The summed E-state index contributed by atoms with van der Waals surface area (Å²) in [5, 5.41) is 11.0. The summed E-state index contributed by atoms with van der Waals surface area (Å²) in [6.07, 6.45) is 6.72. The van der Waals surface area contributed by atoms with E-state index in [9.17, 15) is 0 Å². The first kappa shape index (κ1) is 16.1. The van der Waals surface area contributed by atoms with Gasteiger partial charge in [-0.15, -0.1) is 21.5 Å². The molecule has 3 heterocycles. The van der Waals surface area contributed by atoms with Gasteiger partial charge in [-0.05, 0) is 48.9 Å². The van der Waals surface area contributed by atoms with Crippen LogP contribution in [0, 0.1) is 0 Å². The van der Waals surface area contributed by atoms with Crippen molar-refractivity contribution in [1.29, 1.82) is 0 Å². The normalized spacial score (nSPS) is 14.0. The van der Waals surface area contributed by atoms with Crippen molar-refractivity contribution in [2.75, 3.05) is 7.11 Å². The van der Waals surface area contributed by atoms with Crippen LogP contribution in [0.3, 0.4) is 0 Å². The third-order valence-electron chi connectivity index (χ3n) is 4.83. The zero-order chi connectivity index (χ0) is 17.5. The first-order chi connectivity index (χ1) is 12.8. The summed E-state index contributed by atoms with van der Waals surface area (Å²) >= 11 is 3.50. The third-order valence-corrected chi connectivity index (χ3v) is 7.05. The van der Waals surface area contributed by atoms with Crippen molar-refractivity contribution >= 4 is 39.0 Å². The number of hydrogen-bond donors (Lipinski definition) is 0. The van der Waals surface area contributed by atoms with Gasteiger partial charge in [-0.1, -0.05) is 23.9 Å². The molecule has 3 aromatic heterocycles. The van der Waals surface area contributed by atoms with E-state index >= 15 is 0 Å². The first-order valence-corrected chi connectivity index (χ1v) is 10.5. The molecule has 26 heavy (non-hydrogen) atoms. The molecule has 0 N–H and O–H groups in total. The Kier molecular flexibility index (Phi) is 4.05. The fraction of sp³-hybridized carbons (Fsp3) is 0.316. The van der Waals surface area contributed by atoms with Crippen molar-refractivity contribution in [3.8, 4) is 5.75 Å². The van der Waals surface area contributed by atoms with E-state index in [4.69, 9.17) is 9.72 Å². The molecule has 0 spiro atoms. The van der Waals surface area contributed by atoms with Gasteiger partial charge in [0.25, 0.3) is 0 Å². The van der Waals surface area contributed by atoms with Gasteiger partial charge in [0.15, 0.2) is 10.8 Å². The maximum atomic E-state index is 5.30. The molecule has 0 fully saturated rings. The average Bonchev–Trinajstić information content (AvgIpc) is 3.27. The minimum absolute atomic E-state index is 0.817. The Hall–Kier alpha value is -2.12. The van der Waals surface area contributed by atoms with Gasteiger partial charge in [0.1, 0.15) is 16.9 Å². The molecule has 132 valence electrons. The highest BCUT2D eigenvalue weighted by molar-refractivity contribution is 7.98. The van der Waals surface area contributed by atoms with Gasteiger partial charge in [0, 0.05) is 10.6 Å². The average molecular weight is 383 g/mol. The van der Waals surface area contributed by atoms with Gasteiger partial charge < -0.3 is 4.74 Å². The Labute approximate surface area is 159 Å². The summed E-state index contributed by atoms with van der Waals surface area (Å²) in [4.78, 5) is 7.28. The van der Waals surface area contributed by atoms with E-state index in [0.29, 0.717) is 0 Å². The molecule has 0 saturated carbocycles. The Morgan fingerprint density at radius 1 is 1.23 bits per heavy atom. The van der Waals surface area contributed by atoms with Gasteiger partial charge in [-0.25, -0.2) is 4.98 Å². The number of nitrogens with zero attached hydrogens (tertiary/aromatic N) is 4. The third kappa shape index (κ3) is 2.66. The summed E-state index contributed by atoms with van der Waals surface area (Å²) in [6.45, 7) is 0. The molecular formula is C19H18N4OS2. The maximum Gasteiger partial charge on any atom is 0.197 e. The molecule has 0 amide bonds. The number of thiophene rings is 1. The quantitative estimate of drug-likeness (QED) is 0.486. The smallest absolute Gasteiger partial charge is 0.197 e. The molecule has 1 aromatic carbocycles. The van der Waals surface area contributed by atoms with Crippen molar-refractivity contribution in [3.05, 3.63) is 46.6 Å². The molecule has 0 radical (unpaired) electrons. The lowest BCUT2D eigenvalue weighted by Crippen LogP contribution is -1.99. The minimum Gasteiger partial charge on any atom is -0.497 e. The van der Waals surface area contributed by atoms with E-state index in [1.165, 1.54) is 40.7 Å². The molecule has 5 rings (SSSR count). The molecule has 0 unspecified atom stereocenters. The lowest BCUT2D eigenvalue weighted by Gasteiger charge is -2.10. The number of fused-ring (bicyclic) bond motifs is 5. The standard InChI is InChI=1S/C19H18N4OS2/c1-24-13-6-4-5-12(9-13)10-25-19-22-21-17-16-14-7-2-3-8-15(14)26-18(16)20-11-23(17)19/h4-6,9,11H,2-3,7-8,10H2,1H3. The summed E-state index contributed by atoms with van der Waals surface area (Å²) in [7, 11) is 1.69. The topological polar surface area (TPSA) is 52.3 Å². The van der Waals surface area contributed by atoms with Crippen LogP contribution in [-0.4, -0.2) is 26.7 Å². The number of aryl methyl sites for hydroxylation is 2. The fourth-order valence-corrected chi connectivity index (χ4v) is 5.61. The van der Waals surface area contributed by atoms with Crippen LogP contribution in [0.2, 0.25) is 0 Å². The van der Waals surface area contributed by atoms with E-state index in [1.807, 2.05) is 34.2 Å². The zero-order valence-corrected chi connectivity index (χ0v) is 16.1. The van der Waals surface area contributed by atoms with Crippen LogP contribution >= 0.6 is 23.1 Å². The van der Waals surface area contributed by atoms with Gasteiger partial charge in [0.2, 0.25) is 0 Å². The highest BCUT2D eigenvalue weighted by atomic mass is 32.2. The van der Waals surface area contributed by atoms with Gasteiger partial charge in [0.05, 0.1) is 12.5 Å². The number of hydrogen-bond acceptors (Lipinski definition) is 6. The van der Waals surface area contributed by atoms with E-state index in [-0.39, 0.29) is 0 Å². The number of benzene rings is 1. The lowest BCUT2D eigenvalue weighted by molar-refractivity contribution is 0.414. The number of methoxy groups -OCH3 is 1. The monoisotopic (exact) mass is 382 g/mol. The predicted octanol–water partition coefficient (Wildman–Crippen LogP) is 4.52. The van der Waals surface area contributed by atoms with Gasteiger partial charge in [-0.2, -0.15) is 0 Å². The van der Waals surface area contributed by atoms with E-state index in [2.05, 4.69) is 22.3 Å². The molecule has 0 bridgehead atoms. The molecular weight excluding hydrogens is 364 g/mol. The van der Waals surface area contributed by atoms with Crippen LogP contribution in [0.25, 0.3) is 15.9 Å². The molecule has 4 aromatic rings. The molecule has 1 aliphatic carbocycles. The Morgan fingerprint density at radius 2 is 2.15 bits per heavy atom. The first-order valence-electron chi connectivity index (χ1n) is 8.73. The van der Waals surface area contributed by atoms with Crippen molar-refractivity contribution in [3.63, 3.8) is 0 Å². The van der Waals surface area contributed by atoms with Crippen molar-refractivity contribution in [2.45, 2.75) is 36.6 Å². The van der Waals surface area contributed by atoms with E-state index in [1.54, 1.807) is 18.9 Å². The summed E-state index contributed by atoms with van der Waals surface area (Å²) in [5.74, 6) is 1.69. The molecule has 0 saturated heterocycles. The molecule has 0 atom stereocenters. The van der Waals surface area contributed by atoms with Crippen molar-refractivity contribution < 1.29 is 4.74 Å². The minimum atomic E-state index is 0.817. The van der Waals surface area contributed by atoms with Gasteiger partial charge in [-0.3, -0.25) is 4.40 Å². The van der Waals surface area contributed by atoms with Crippen LogP contribution in [0.15, 0.2) is 35.7 Å². The largest absolute Gasteiger partial charge is 0.497 e. The van der Waals surface area contributed by atoms with Crippen molar-refractivity contribution in [2.24, 2.45) is 0 Å². The number of thioether (sulfide) groups is 1. The second-order valence-electron chi connectivity index (χ2n) is 6.45. The molecule has 5 nitrogen and oxygen atoms in total. The lowest BCUT2D eigenvalue weighted by atomic mass is 9.97. The van der Waals surface area contributed by atoms with Crippen LogP contribution in [0.4, 0.5) is 0 Å². The number of ether oxygens (including phenoxy) is 1. The fourth-order valence-electron chi connectivity index (χ4n) is 3.54. The van der Waals surface area contributed by atoms with Crippen LogP contribution in [-0.2, 0) is 18.6 Å². The Bertz CT molecular complexity index is 1100. The van der Waals surface area contributed by atoms with Crippen LogP contribution in [0.1, 0.15) is 28.8 Å². The van der Waals surface area contributed by atoms with Crippen LogP contribution in [0.5, 0.6) is 5.75 Å². The zero-order valence-electron chi connectivity index (χ0n) is 14.4. The summed E-state index contributed by atoms with van der Waals surface area (Å²) < 4.78 is 7.34. The SMILES string of the molecule is COc1cccc(CSc2nnc3c4c5c(sc4ncn23)CCCC5)c1. The number of rotatable bonds is 4. The van der Waals surface area contributed by atoms with Crippen LogP contribution < -0.4 is 4.74 Å². The second-order valence-corrected chi connectivity index (χ2v) is 8.48. The van der Waals surface area contributed by atoms with Gasteiger partial charge >= 0.3 is 0 Å². The summed E-state index contributed by atoms with van der Waals surface area (Å²) in [5.41, 5.74) is 3.60. The Balaban J connectivity index is 1.51. The van der Waals surface area contributed by atoms with E-state index < -0.39 is 0 Å². The predicted molar refractivity (Wildman–Crippen MR) is 105 cm³/mol. The molecule has 0 aliphatic heterocycles. The Morgan fingerprint density at radius 3 is 3.08 bits per heavy atom. The highest BCUT2D eigenvalue weighted by Gasteiger charge is 2.21. The highest BCUT2D eigenvalue weighted by Crippen LogP contribution is 2.37. The molecule has 1 aliphatic rings. The van der Waals surface area contributed by atoms with Crippen molar-refractivity contribution in [1.82, 2.24) is 19.6 Å². The summed E-state index contributed by atoms with van der Waals surface area (Å²) in [6, 6.07) is 8.13. The van der Waals surface area contributed by atoms with E-state index in [0.717, 1.165) is 33.6 Å². The number of aromatic nitrogens is 4. The maximum absolute atomic E-state index is 5.30. The molecule has 7 heteroatoms.